The number of hydrogen-bond acceptors (Lipinski definition) is 9. The predicted octanol–water partition coefficient (Wildman–Crippen LogP) is 3.08. The highest BCUT2D eigenvalue weighted by molar-refractivity contribution is 5.92. The van der Waals surface area contributed by atoms with Crippen LogP contribution in [-0.2, 0) is 25.5 Å². The maximum absolute atomic E-state index is 12.5. The molecule has 1 atom stereocenters. The van der Waals surface area contributed by atoms with Crippen molar-refractivity contribution in [1.29, 1.82) is 0 Å². The number of carboxylic acids is 1. The Morgan fingerprint density at radius 1 is 0.972 bits per heavy atom. The molecular formula is C25H30N2O9. The summed E-state index contributed by atoms with van der Waals surface area (Å²) >= 11 is 0. The number of hydrazine groups is 1. The summed E-state index contributed by atoms with van der Waals surface area (Å²) in [4.78, 5) is 48.1. The van der Waals surface area contributed by atoms with Crippen LogP contribution < -0.4 is 15.6 Å². The van der Waals surface area contributed by atoms with Crippen LogP contribution in [-0.4, -0.2) is 46.5 Å². The zero-order valence-corrected chi connectivity index (χ0v) is 20.7. The molecule has 0 radical (unpaired) electrons. The number of aliphatic carboxylic acids is 1. The summed E-state index contributed by atoms with van der Waals surface area (Å²) in [5.41, 5.74) is 3.37. The second-order valence-electron chi connectivity index (χ2n) is 9.30. The summed E-state index contributed by atoms with van der Waals surface area (Å²) in [6, 6.07) is 10.8. The lowest BCUT2D eigenvalue weighted by molar-refractivity contribution is -0.161. The van der Waals surface area contributed by atoms with Crippen molar-refractivity contribution in [3.05, 3.63) is 59.2 Å². The molecule has 2 rings (SSSR count). The minimum atomic E-state index is -1.73. The molecule has 0 spiro atoms. The van der Waals surface area contributed by atoms with E-state index in [1.165, 1.54) is 25.1 Å². The number of rotatable bonds is 9. The average molecular weight is 503 g/mol. The summed E-state index contributed by atoms with van der Waals surface area (Å²) in [6.45, 7) is 7.29. The molecule has 0 saturated carbocycles. The van der Waals surface area contributed by atoms with E-state index in [9.17, 15) is 29.4 Å². The van der Waals surface area contributed by atoms with Crippen LogP contribution in [0.4, 0.5) is 4.79 Å². The van der Waals surface area contributed by atoms with Crippen LogP contribution in [0.15, 0.2) is 42.5 Å². The van der Waals surface area contributed by atoms with Gasteiger partial charge in [0.2, 0.25) is 6.79 Å². The second kappa shape index (κ2) is 11.5. The highest BCUT2D eigenvalue weighted by Crippen LogP contribution is 2.29. The molecule has 0 bridgehead atoms. The van der Waals surface area contributed by atoms with Gasteiger partial charge in [-0.05, 0) is 63.9 Å². The van der Waals surface area contributed by atoms with Gasteiger partial charge in [0.25, 0.3) is 0 Å². The fraction of sp³-hybridized carbons (Fsp3) is 0.360. The fourth-order valence-electron chi connectivity index (χ4n) is 2.87. The Bertz CT molecular complexity index is 1140. The van der Waals surface area contributed by atoms with E-state index in [1.54, 1.807) is 52.0 Å². The van der Waals surface area contributed by atoms with Crippen LogP contribution in [0.2, 0.25) is 0 Å². The summed E-state index contributed by atoms with van der Waals surface area (Å²) < 4.78 is 14.9. The number of hydrogen-bond donors (Lipinski definition) is 4. The van der Waals surface area contributed by atoms with Gasteiger partial charge >= 0.3 is 24.0 Å². The molecule has 2 aromatic carbocycles. The number of carbonyl (C=O) groups excluding carboxylic acids is 3. The van der Waals surface area contributed by atoms with E-state index < -0.39 is 41.7 Å². The largest absolute Gasteiger partial charge is 0.504 e. The molecule has 1 amide bonds. The first-order valence-corrected chi connectivity index (χ1v) is 10.9. The number of carboxylic acid groups (broad SMARTS) is 1. The Kier molecular flexibility index (Phi) is 9.01. The summed E-state index contributed by atoms with van der Waals surface area (Å²) in [7, 11) is 0. The molecule has 0 aliphatic heterocycles. The van der Waals surface area contributed by atoms with Gasteiger partial charge < -0.3 is 24.4 Å². The monoisotopic (exact) mass is 502 g/mol. The van der Waals surface area contributed by atoms with E-state index in [1.807, 2.05) is 0 Å². The summed E-state index contributed by atoms with van der Waals surface area (Å²) in [5, 5.41) is 19.9. The SMILES string of the molecule is Cc1ccccc1C(=O)Oc1cc(CC(C)(NNC(=O)OCOC(=O)C(C)(C)C)C(=O)O)ccc1O. The maximum atomic E-state index is 12.5. The van der Waals surface area contributed by atoms with E-state index >= 15 is 0 Å². The van der Waals surface area contributed by atoms with Crippen molar-refractivity contribution in [2.75, 3.05) is 6.79 Å². The number of nitrogens with one attached hydrogen (secondary N) is 2. The van der Waals surface area contributed by atoms with Crippen LogP contribution in [0, 0.1) is 12.3 Å². The van der Waals surface area contributed by atoms with Crippen molar-refractivity contribution in [3.63, 3.8) is 0 Å². The standard InChI is InChI=1S/C25H30N2O9/c1-15-8-6-7-9-17(15)20(29)36-19-12-16(10-11-18(19)28)13-25(5,21(30)31)27-26-23(33)35-14-34-22(32)24(2,3)4/h6-12,27-28H,13-14H2,1-5H3,(H,26,33)(H,30,31). The van der Waals surface area contributed by atoms with Gasteiger partial charge in [0, 0.05) is 6.42 Å². The van der Waals surface area contributed by atoms with E-state index in [0.29, 0.717) is 16.7 Å². The number of ether oxygens (including phenoxy) is 3. The third-order valence-corrected chi connectivity index (χ3v) is 5.05. The third-order valence-electron chi connectivity index (χ3n) is 5.05. The Labute approximate surface area is 208 Å². The number of amides is 1. The van der Waals surface area contributed by atoms with Gasteiger partial charge in [-0.15, -0.1) is 0 Å². The molecule has 11 heteroatoms. The Hall–Kier alpha value is -4.12. The van der Waals surface area contributed by atoms with Crippen LogP contribution in [0.5, 0.6) is 11.5 Å². The normalized spacial score (nSPS) is 12.7. The highest BCUT2D eigenvalue weighted by Gasteiger charge is 2.34. The molecule has 36 heavy (non-hydrogen) atoms. The number of benzene rings is 2. The molecule has 4 N–H and O–H groups in total. The first-order valence-electron chi connectivity index (χ1n) is 10.9. The third kappa shape index (κ3) is 7.70. The number of phenols is 1. The van der Waals surface area contributed by atoms with Crippen molar-refractivity contribution in [3.8, 4) is 11.5 Å². The minimum Gasteiger partial charge on any atom is -0.504 e. The molecule has 0 heterocycles. The lowest BCUT2D eigenvalue weighted by Crippen LogP contribution is -2.58. The molecule has 11 nitrogen and oxygen atoms in total. The van der Waals surface area contributed by atoms with Gasteiger partial charge in [-0.25, -0.2) is 15.0 Å². The molecule has 0 fully saturated rings. The highest BCUT2D eigenvalue weighted by atomic mass is 16.7. The zero-order chi connectivity index (χ0) is 27.1. The first-order chi connectivity index (χ1) is 16.7. The smallest absolute Gasteiger partial charge is 0.424 e. The van der Waals surface area contributed by atoms with E-state index in [0.717, 1.165) is 0 Å². The molecule has 0 saturated heterocycles. The van der Waals surface area contributed by atoms with Gasteiger partial charge in [0.1, 0.15) is 5.54 Å². The number of esters is 2. The van der Waals surface area contributed by atoms with Crippen LogP contribution in [0.3, 0.4) is 0 Å². The summed E-state index contributed by atoms with van der Waals surface area (Å²) in [6.07, 6.45) is -1.25. The quantitative estimate of drug-likeness (QED) is 0.174. The predicted molar refractivity (Wildman–Crippen MR) is 127 cm³/mol. The number of phenolic OH excluding ortho intramolecular Hbond substituents is 1. The molecule has 1 unspecified atom stereocenters. The topological polar surface area (TPSA) is 160 Å². The van der Waals surface area contributed by atoms with E-state index in [2.05, 4.69) is 10.9 Å². The van der Waals surface area contributed by atoms with Crippen molar-refractivity contribution in [2.24, 2.45) is 5.41 Å². The number of aryl methyl sites for hydroxylation is 1. The van der Waals surface area contributed by atoms with Crippen LogP contribution in [0.25, 0.3) is 0 Å². The average Bonchev–Trinajstić information content (AvgIpc) is 2.79. The van der Waals surface area contributed by atoms with Crippen LogP contribution >= 0.6 is 0 Å². The molecule has 0 aliphatic rings. The minimum absolute atomic E-state index is 0.151. The fourth-order valence-corrected chi connectivity index (χ4v) is 2.87. The molecule has 0 aromatic heterocycles. The van der Waals surface area contributed by atoms with Crippen molar-refractivity contribution in [1.82, 2.24) is 10.9 Å². The lowest BCUT2D eigenvalue weighted by Gasteiger charge is -2.26. The molecular weight excluding hydrogens is 472 g/mol. The second-order valence-corrected chi connectivity index (χ2v) is 9.30. The van der Waals surface area contributed by atoms with Gasteiger partial charge in [-0.2, -0.15) is 0 Å². The Morgan fingerprint density at radius 3 is 2.25 bits per heavy atom. The van der Waals surface area contributed by atoms with Crippen molar-refractivity contribution < 1.29 is 43.6 Å². The van der Waals surface area contributed by atoms with Crippen molar-refractivity contribution >= 4 is 24.0 Å². The van der Waals surface area contributed by atoms with E-state index in [-0.39, 0.29) is 17.9 Å². The first kappa shape index (κ1) is 28.1. The Balaban J connectivity index is 2.05. The zero-order valence-electron chi connectivity index (χ0n) is 20.7. The van der Waals surface area contributed by atoms with Crippen LogP contribution in [0.1, 0.15) is 49.2 Å². The van der Waals surface area contributed by atoms with Gasteiger partial charge in [-0.3, -0.25) is 15.0 Å². The molecule has 194 valence electrons. The van der Waals surface area contributed by atoms with Crippen molar-refractivity contribution in [2.45, 2.75) is 46.6 Å². The van der Waals surface area contributed by atoms with Gasteiger partial charge in [0.15, 0.2) is 11.5 Å². The number of carbonyl (C=O) groups is 4. The number of aromatic hydroxyl groups is 1. The molecule has 0 aliphatic carbocycles. The lowest BCUT2D eigenvalue weighted by atomic mass is 9.93. The Morgan fingerprint density at radius 2 is 1.64 bits per heavy atom. The molecule has 2 aromatic rings. The summed E-state index contributed by atoms with van der Waals surface area (Å²) in [5.74, 6) is -3.03. The maximum Gasteiger partial charge on any atom is 0.424 e. The van der Waals surface area contributed by atoms with E-state index in [4.69, 9.17) is 14.2 Å². The van der Waals surface area contributed by atoms with Gasteiger partial charge in [-0.1, -0.05) is 24.3 Å². The van der Waals surface area contributed by atoms with Gasteiger partial charge in [0.05, 0.1) is 11.0 Å².